The fourth-order valence-corrected chi connectivity index (χ4v) is 3.95. The van der Waals surface area contributed by atoms with E-state index in [-0.39, 0.29) is 11.1 Å². The molecular weight excluding hydrogens is 392 g/mol. The minimum Gasteiger partial charge on any atom is -0.497 e. The van der Waals surface area contributed by atoms with Crippen molar-refractivity contribution in [3.05, 3.63) is 18.2 Å². The lowest BCUT2D eigenvalue weighted by Gasteiger charge is -2.32. The summed E-state index contributed by atoms with van der Waals surface area (Å²) in [6.07, 6.45) is 4.38. The maximum Gasteiger partial charge on any atom is 0.277 e. The zero-order valence-corrected chi connectivity index (χ0v) is 17.5. The predicted octanol–water partition coefficient (Wildman–Crippen LogP) is 3.58. The van der Waals surface area contributed by atoms with E-state index in [0.29, 0.717) is 35.8 Å². The van der Waals surface area contributed by atoms with Crippen LogP contribution in [0.4, 0.5) is 0 Å². The first-order valence-electron chi connectivity index (χ1n) is 9.45. The molecule has 1 saturated carbocycles. The average Bonchev–Trinajstić information content (AvgIpc) is 3.22. The summed E-state index contributed by atoms with van der Waals surface area (Å²) >= 11 is 1.16. The lowest BCUT2D eigenvalue weighted by atomic mass is 9.83. The van der Waals surface area contributed by atoms with E-state index in [1.807, 2.05) is 0 Å². The normalized spacial score (nSPS) is 16.5. The van der Waals surface area contributed by atoms with Crippen LogP contribution < -0.4 is 14.8 Å². The predicted molar refractivity (Wildman–Crippen MR) is 108 cm³/mol. The number of hydrogen-bond acceptors (Lipinski definition) is 8. The number of carbonyl (C=O) groups is 1. The maximum absolute atomic E-state index is 12.6. The third-order valence-electron chi connectivity index (χ3n) is 4.94. The third kappa shape index (κ3) is 5.01. The number of aromatic nitrogens is 2. The topological polar surface area (TPSA) is 110 Å². The number of rotatable bonds is 7. The number of ether oxygens (including phenoxy) is 2. The summed E-state index contributed by atoms with van der Waals surface area (Å²) in [6.45, 7) is 1.76. The van der Waals surface area contributed by atoms with Gasteiger partial charge in [-0.3, -0.25) is 4.79 Å². The molecule has 2 aromatic rings. The maximum atomic E-state index is 12.6. The molecule has 154 valence electrons. The Bertz CT molecular complexity index is 880. The number of nitriles is 1. The van der Waals surface area contributed by atoms with Crippen molar-refractivity contribution in [3.63, 3.8) is 0 Å². The second-order valence-corrected chi connectivity index (χ2v) is 8.27. The molecule has 29 heavy (non-hydrogen) atoms. The minimum atomic E-state index is -0.763. The van der Waals surface area contributed by atoms with Crippen molar-refractivity contribution in [1.29, 1.82) is 5.26 Å². The molecule has 1 aromatic carbocycles. The second kappa shape index (κ2) is 9.18. The highest BCUT2D eigenvalue weighted by Gasteiger charge is 2.35. The SMILES string of the molecule is COc1cc(OC)cc(-c2nnc(S[C@@H](C)C(=O)NC3(C#N)CCCCC3)o2)c1. The number of nitrogens with zero attached hydrogens (tertiary/aromatic N) is 3. The first-order valence-corrected chi connectivity index (χ1v) is 10.3. The molecule has 1 aliphatic rings. The van der Waals surface area contributed by atoms with Crippen molar-refractivity contribution in [2.24, 2.45) is 0 Å². The quantitative estimate of drug-likeness (QED) is 0.682. The number of carbonyl (C=O) groups excluding carboxylic acids is 1. The van der Waals surface area contributed by atoms with Gasteiger partial charge in [0.1, 0.15) is 17.0 Å². The van der Waals surface area contributed by atoms with Gasteiger partial charge < -0.3 is 19.2 Å². The van der Waals surface area contributed by atoms with Gasteiger partial charge in [-0.2, -0.15) is 5.26 Å². The van der Waals surface area contributed by atoms with E-state index in [2.05, 4.69) is 21.6 Å². The second-order valence-electron chi connectivity index (χ2n) is 6.98. The van der Waals surface area contributed by atoms with Gasteiger partial charge in [0.05, 0.1) is 25.5 Å². The molecule has 3 rings (SSSR count). The van der Waals surface area contributed by atoms with Crippen LogP contribution in [0.3, 0.4) is 0 Å². The van der Waals surface area contributed by atoms with Gasteiger partial charge in [0, 0.05) is 11.6 Å². The van der Waals surface area contributed by atoms with Crippen LogP contribution in [0.2, 0.25) is 0 Å². The van der Waals surface area contributed by atoms with E-state index in [9.17, 15) is 10.1 Å². The van der Waals surface area contributed by atoms with Crippen molar-refractivity contribution in [1.82, 2.24) is 15.5 Å². The Kier molecular flexibility index (Phi) is 6.64. The lowest BCUT2D eigenvalue weighted by molar-refractivity contribution is -0.122. The van der Waals surface area contributed by atoms with Gasteiger partial charge >= 0.3 is 0 Å². The number of thioether (sulfide) groups is 1. The summed E-state index contributed by atoms with van der Waals surface area (Å²) in [7, 11) is 3.13. The fourth-order valence-electron chi connectivity index (χ4n) is 3.27. The summed E-state index contributed by atoms with van der Waals surface area (Å²) in [5.41, 5.74) is -0.107. The molecule has 1 aromatic heterocycles. The van der Waals surface area contributed by atoms with E-state index >= 15 is 0 Å². The van der Waals surface area contributed by atoms with Crippen LogP contribution in [0.25, 0.3) is 11.5 Å². The largest absolute Gasteiger partial charge is 0.497 e. The van der Waals surface area contributed by atoms with Crippen molar-refractivity contribution >= 4 is 17.7 Å². The van der Waals surface area contributed by atoms with E-state index in [4.69, 9.17) is 13.9 Å². The zero-order chi connectivity index (χ0) is 20.9. The van der Waals surface area contributed by atoms with Crippen LogP contribution in [-0.4, -0.2) is 41.1 Å². The van der Waals surface area contributed by atoms with Crippen molar-refractivity contribution in [2.75, 3.05) is 14.2 Å². The van der Waals surface area contributed by atoms with E-state index in [0.717, 1.165) is 31.0 Å². The zero-order valence-electron chi connectivity index (χ0n) is 16.7. The molecule has 1 N–H and O–H groups in total. The molecule has 0 aliphatic heterocycles. The van der Waals surface area contributed by atoms with Crippen LogP contribution in [0.5, 0.6) is 11.5 Å². The Morgan fingerprint density at radius 3 is 2.45 bits per heavy atom. The highest BCUT2D eigenvalue weighted by atomic mass is 32.2. The summed E-state index contributed by atoms with van der Waals surface area (Å²) < 4.78 is 16.2. The summed E-state index contributed by atoms with van der Waals surface area (Å²) in [4.78, 5) is 12.6. The highest BCUT2D eigenvalue weighted by molar-refractivity contribution is 8.00. The van der Waals surface area contributed by atoms with Crippen LogP contribution >= 0.6 is 11.8 Å². The van der Waals surface area contributed by atoms with Gasteiger partial charge in [-0.25, -0.2) is 0 Å². The number of methoxy groups -OCH3 is 2. The number of benzene rings is 1. The van der Waals surface area contributed by atoms with Crippen molar-refractivity contribution in [2.45, 2.75) is 55.0 Å². The molecule has 0 bridgehead atoms. The first-order chi connectivity index (χ1) is 14.0. The molecule has 8 nitrogen and oxygen atoms in total. The Hall–Kier alpha value is -2.73. The molecule has 0 radical (unpaired) electrons. The molecule has 0 spiro atoms. The lowest BCUT2D eigenvalue weighted by Crippen LogP contribution is -2.50. The van der Waals surface area contributed by atoms with Crippen LogP contribution in [0, 0.1) is 11.3 Å². The summed E-state index contributed by atoms with van der Waals surface area (Å²) in [5, 5.41) is 20.4. The van der Waals surface area contributed by atoms with Gasteiger partial charge in [-0.05, 0) is 31.9 Å². The molecule has 1 amide bonds. The summed E-state index contributed by atoms with van der Waals surface area (Å²) in [5.74, 6) is 1.31. The van der Waals surface area contributed by atoms with E-state index in [1.54, 1.807) is 39.3 Å². The molecule has 1 fully saturated rings. The third-order valence-corrected chi connectivity index (χ3v) is 5.87. The number of nitrogens with one attached hydrogen (secondary N) is 1. The monoisotopic (exact) mass is 416 g/mol. The molecule has 0 saturated heterocycles. The van der Waals surface area contributed by atoms with Gasteiger partial charge in [0.2, 0.25) is 11.8 Å². The van der Waals surface area contributed by atoms with Gasteiger partial charge in [-0.1, -0.05) is 31.0 Å². The highest BCUT2D eigenvalue weighted by Crippen LogP contribution is 2.32. The molecule has 1 aliphatic carbocycles. The standard InChI is InChI=1S/C20H24N4O4S/c1-13(17(25)22-20(12-21)7-5-4-6-8-20)29-19-24-23-18(28-19)14-9-15(26-2)11-16(10-14)27-3/h9-11,13H,4-8H2,1-3H3,(H,22,25)/t13-/m0/s1. The van der Waals surface area contributed by atoms with Crippen molar-refractivity contribution < 1.29 is 18.7 Å². The van der Waals surface area contributed by atoms with Crippen LogP contribution in [-0.2, 0) is 4.79 Å². The Balaban J connectivity index is 1.68. The van der Waals surface area contributed by atoms with Gasteiger partial charge in [0.15, 0.2) is 0 Å². The number of hydrogen-bond donors (Lipinski definition) is 1. The Morgan fingerprint density at radius 1 is 1.21 bits per heavy atom. The van der Waals surface area contributed by atoms with Crippen molar-refractivity contribution in [3.8, 4) is 29.0 Å². The van der Waals surface area contributed by atoms with Crippen LogP contribution in [0.1, 0.15) is 39.0 Å². The molecule has 0 unspecified atom stereocenters. The Labute approximate surface area is 174 Å². The first kappa shape index (κ1) is 21.0. The minimum absolute atomic E-state index is 0.207. The number of amides is 1. The van der Waals surface area contributed by atoms with E-state index in [1.165, 1.54) is 0 Å². The summed E-state index contributed by atoms with van der Waals surface area (Å²) in [6, 6.07) is 7.57. The van der Waals surface area contributed by atoms with Gasteiger partial charge in [0.25, 0.3) is 5.22 Å². The van der Waals surface area contributed by atoms with Crippen LogP contribution in [0.15, 0.2) is 27.8 Å². The molecular formula is C20H24N4O4S. The fraction of sp³-hybridized carbons (Fsp3) is 0.500. The Morgan fingerprint density at radius 2 is 1.86 bits per heavy atom. The molecule has 9 heteroatoms. The van der Waals surface area contributed by atoms with E-state index < -0.39 is 10.8 Å². The smallest absolute Gasteiger partial charge is 0.277 e. The molecule has 1 atom stereocenters. The van der Waals surface area contributed by atoms with Gasteiger partial charge in [-0.15, -0.1) is 10.2 Å². The average molecular weight is 417 g/mol. The molecule has 1 heterocycles.